The number of aromatic nitrogens is 1. The number of aliphatic hydroxyl groups is 1. The fourth-order valence-electron chi connectivity index (χ4n) is 1.39. The molecule has 0 aliphatic heterocycles. The summed E-state index contributed by atoms with van der Waals surface area (Å²) in [6.07, 6.45) is 3.12. The first-order valence-corrected chi connectivity index (χ1v) is 5.25. The van der Waals surface area contributed by atoms with E-state index in [0.29, 0.717) is 5.92 Å². The van der Waals surface area contributed by atoms with Gasteiger partial charge in [0, 0.05) is 17.2 Å². The maximum Gasteiger partial charge on any atom is 0.0797 e. The van der Waals surface area contributed by atoms with Gasteiger partial charge in [-0.25, -0.2) is 4.98 Å². The Morgan fingerprint density at radius 3 is 3.08 bits per heavy atom. The maximum atomic E-state index is 9.23. The first-order chi connectivity index (χ1) is 5.77. The third-order valence-electron chi connectivity index (χ3n) is 2.12. The highest BCUT2D eigenvalue weighted by Gasteiger charge is 2.28. The van der Waals surface area contributed by atoms with E-state index in [-0.39, 0.29) is 6.10 Å². The van der Waals surface area contributed by atoms with Gasteiger partial charge < -0.3 is 5.11 Å². The fourth-order valence-corrected chi connectivity index (χ4v) is 2.36. The second-order valence-electron chi connectivity index (χ2n) is 3.49. The molecule has 1 atom stereocenters. The van der Waals surface area contributed by atoms with Crippen molar-refractivity contribution in [3.05, 3.63) is 16.1 Å². The van der Waals surface area contributed by atoms with Crippen molar-refractivity contribution in [3.63, 3.8) is 0 Å². The molecule has 0 bridgehead atoms. The molecule has 1 aliphatic carbocycles. The van der Waals surface area contributed by atoms with Gasteiger partial charge in [0.05, 0.1) is 17.3 Å². The van der Waals surface area contributed by atoms with Gasteiger partial charge in [-0.3, -0.25) is 0 Å². The molecule has 66 valence electrons. The van der Waals surface area contributed by atoms with Crippen LogP contribution in [0, 0.1) is 0 Å². The van der Waals surface area contributed by atoms with Crippen LogP contribution in [0.3, 0.4) is 0 Å². The van der Waals surface area contributed by atoms with Crippen LogP contribution >= 0.6 is 11.3 Å². The smallest absolute Gasteiger partial charge is 0.0797 e. The van der Waals surface area contributed by atoms with Crippen molar-refractivity contribution >= 4 is 11.3 Å². The van der Waals surface area contributed by atoms with E-state index in [9.17, 15) is 5.11 Å². The summed E-state index contributed by atoms with van der Waals surface area (Å²) in [5, 5.41) is 9.23. The lowest BCUT2D eigenvalue weighted by Crippen LogP contribution is -2.04. The van der Waals surface area contributed by atoms with Gasteiger partial charge in [0.1, 0.15) is 0 Å². The minimum absolute atomic E-state index is 0.233. The predicted octanol–water partition coefficient (Wildman–Crippen LogP) is 1.94. The number of aliphatic hydroxyl groups excluding tert-OH is 1. The van der Waals surface area contributed by atoms with E-state index in [4.69, 9.17) is 0 Å². The van der Waals surface area contributed by atoms with Crippen LogP contribution in [0.2, 0.25) is 0 Å². The molecule has 2 rings (SSSR count). The summed E-state index contributed by atoms with van der Waals surface area (Å²) in [7, 11) is 0. The Bertz CT molecular complexity index is 265. The molecule has 1 aliphatic rings. The number of hydrogen-bond acceptors (Lipinski definition) is 3. The van der Waals surface area contributed by atoms with Crippen molar-refractivity contribution in [2.24, 2.45) is 0 Å². The summed E-state index contributed by atoms with van der Waals surface area (Å²) in [5.41, 5.74) is 3.15. The van der Waals surface area contributed by atoms with Crippen LogP contribution in [-0.4, -0.2) is 16.2 Å². The van der Waals surface area contributed by atoms with Crippen molar-refractivity contribution < 1.29 is 5.11 Å². The number of nitrogens with zero attached hydrogens (tertiary/aromatic N) is 1. The molecule has 0 amide bonds. The Kier molecular flexibility index (Phi) is 2.15. The molecular weight excluding hydrogens is 170 g/mol. The molecule has 1 N–H and O–H groups in total. The van der Waals surface area contributed by atoms with E-state index in [0.717, 1.165) is 6.42 Å². The molecule has 12 heavy (non-hydrogen) atoms. The highest BCUT2D eigenvalue weighted by molar-refractivity contribution is 7.09. The van der Waals surface area contributed by atoms with Crippen molar-refractivity contribution in [2.75, 3.05) is 0 Å². The third kappa shape index (κ3) is 1.67. The monoisotopic (exact) mass is 183 g/mol. The zero-order chi connectivity index (χ0) is 8.55. The molecule has 1 aromatic heterocycles. The van der Waals surface area contributed by atoms with Crippen molar-refractivity contribution in [1.29, 1.82) is 0 Å². The average molecular weight is 183 g/mol. The Morgan fingerprint density at radius 1 is 1.75 bits per heavy atom. The third-order valence-corrected chi connectivity index (χ3v) is 2.99. The molecule has 1 unspecified atom stereocenters. The van der Waals surface area contributed by atoms with Gasteiger partial charge in [-0.2, -0.15) is 0 Å². The summed E-state index contributed by atoms with van der Waals surface area (Å²) in [6, 6.07) is 0. The van der Waals surface area contributed by atoms with Crippen LogP contribution in [0.1, 0.15) is 36.3 Å². The molecule has 3 heteroatoms. The molecule has 1 fully saturated rings. The number of rotatable bonds is 3. The minimum Gasteiger partial charge on any atom is -0.393 e. The second kappa shape index (κ2) is 3.15. The van der Waals surface area contributed by atoms with E-state index in [1.165, 1.54) is 23.4 Å². The first-order valence-electron chi connectivity index (χ1n) is 4.37. The number of hydrogen-bond donors (Lipinski definition) is 1. The van der Waals surface area contributed by atoms with Crippen LogP contribution in [-0.2, 0) is 6.42 Å². The zero-order valence-electron chi connectivity index (χ0n) is 7.16. The quantitative estimate of drug-likeness (QED) is 0.777. The lowest BCUT2D eigenvalue weighted by molar-refractivity contribution is 0.196. The van der Waals surface area contributed by atoms with Crippen molar-refractivity contribution in [2.45, 2.75) is 38.2 Å². The van der Waals surface area contributed by atoms with Gasteiger partial charge in [0.15, 0.2) is 0 Å². The molecule has 2 nitrogen and oxygen atoms in total. The second-order valence-corrected chi connectivity index (χ2v) is 4.43. The molecule has 1 saturated carbocycles. The van der Waals surface area contributed by atoms with Gasteiger partial charge in [-0.1, -0.05) is 0 Å². The molecule has 0 radical (unpaired) electrons. The molecule has 1 heterocycles. The standard InChI is InChI=1S/C9H13NOS/c1-6(11)4-8-9(7-2-3-7)10-5-12-8/h5-7,11H,2-4H2,1H3. The maximum absolute atomic E-state index is 9.23. The normalized spacial score (nSPS) is 19.5. The van der Waals surface area contributed by atoms with E-state index < -0.39 is 0 Å². The van der Waals surface area contributed by atoms with E-state index >= 15 is 0 Å². The number of thiazole rings is 1. The summed E-state index contributed by atoms with van der Waals surface area (Å²) in [5.74, 6) is 0.713. The largest absolute Gasteiger partial charge is 0.393 e. The Morgan fingerprint density at radius 2 is 2.50 bits per heavy atom. The Labute approximate surface area is 76.3 Å². The van der Waals surface area contributed by atoms with Gasteiger partial charge in [0.25, 0.3) is 0 Å². The minimum atomic E-state index is -0.233. The summed E-state index contributed by atoms with van der Waals surface area (Å²) in [4.78, 5) is 5.62. The van der Waals surface area contributed by atoms with Crippen LogP contribution in [0.15, 0.2) is 5.51 Å². The highest BCUT2D eigenvalue weighted by Crippen LogP contribution is 2.41. The van der Waals surface area contributed by atoms with Crippen LogP contribution in [0.5, 0.6) is 0 Å². The SMILES string of the molecule is CC(O)Cc1scnc1C1CC1. The Hall–Kier alpha value is -0.410. The zero-order valence-corrected chi connectivity index (χ0v) is 7.97. The van der Waals surface area contributed by atoms with Gasteiger partial charge in [0.2, 0.25) is 0 Å². The lowest BCUT2D eigenvalue weighted by Gasteiger charge is -2.02. The van der Waals surface area contributed by atoms with Gasteiger partial charge >= 0.3 is 0 Å². The summed E-state index contributed by atoms with van der Waals surface area (Å²) < 4.78 is 0. The van der Waals surface area contributed by atoms with Gasteiger partial charge in [-0.05, 0) is 19.8 Å². The van der Waals surface area contributed by atoms with Gasteiger partial charge in [-0.15, -0.1) is 11.3 Å². The van der Waals surface area contributed by atoms with Crippen molar-refractivity contribution in [1.82, 2.24) is 4.98 Å². The van der Waals surface area contributed by atoms with Crippen LogP contribution < -0.4 is 0 Å². The van der Waals surface area contributed by atoms with Crippen LogP contribution in [0.25, 0.3) is 0 Å². The Balaban J connectivity index is 2.13. The van der Waals surface area contributed by atoms with E-state index in [2.05, 4.69) is 4.98 Å². The van der Waals surface area contributed by atoms with E-state index in [1.54, 1.807) is 11.3 Å². The topological polar surface area (TPSA) is 33.1 Å². The van der Waals surface area contributed by atoms with Crippen molar-refractivity contribution in [3.8, 4) is 0 Å². The highest BCUT2D eigenvalue weighted by atomic mass is 32.1. The molecule has 0 spiro atoms. The molecule has 0 saturated heterocycles. The fraction of sp³-hybridized carbons (Fsp3) is 0.667. The molecular formula is C9H13NOS. The van der Waals surface area contributed by atoms with Crippen LogP contribution in [0.4, 0.5) is 0 Å². The lowest BCUT2D eigenvalue weighted by atomic mass is 10.2. The molecule has 1 aromatic rings. The molecule has 0 aromatic carbocycles. The summed E-state index contributed by atoms with van der Waals surface area (Å²) in [6.45, 7) is 1.83. The first kappa shape index (κ1) is 8.20. The van der Waals surface area contributed by atoms with E-state index in [1.807, 2.05) is 12.4 Å². The summed E-state index contributed by atoms with van der Waals surface area (Å²) >= 11 is 1.68. The average Bonchev–Trinajstić information content (AvgIpc) is 2.73. The predicted molar refractivity (Wildman–Crippen MR) is 49.5 cm³/mol.